The third-order valence-electron chi connectivity index (χ3n) is 3.08. The number of halogens is 1. The van der Waals surface area contributed by atoms with E-state index in [-0.39, 0.29) is 5.56 Å². The van der Waals surface area contributed by atoms with E-state index < -0.39 is 11.2 Å². The lowest BCUT2D eigenvalue weighted by Gasteiger charge is -2.14. The Balaban J connectivity index is 2.59. The number of rotatable bonds is 6. The topological polar surface area (TPSA) is 87.2 Å². The molecule has 1 aromatic carbocycles. The van der Waals surface area contributed by atoms with E-state index in [1.807, 2.05) is 0 Å². The van der Waals surface area contributed by atoms with Gasteiger partial charge in [0.1, 0.15) is 0 Å². The van der Waals surface area contributed by atoms with Crippen molar-refractivity contribution in [2.24, 2.45) is 5.73 Å². The minimum atomic E-state index is -0.502. The zero-order valence-electron chi connectivity index (χ0n) is 12.2. The molecule has 0 saturated carbocycles. The standard InChI is InChI=1S/C14H16ClN3O3S/c1-8(12(16)19)22-14-17-11-7-9(15)3-4-10(11)13(20)18(14)5-6-21-2/h3-4,7-8H,5-6H2,1-2H3,(H2,16,19)/t8-/m0/s1. The molecule has 1 atom stereocenters. The largest absolute Gasteiger partial charge is 0.383 e. The Morgan fingerprint density at radius 1 is 1.55 bits per heavy atom. The molecule has 0 aliphatic heterocycles. The monoisotopic (exact) mass is 341 g/mol. The van der Waals surface area contributed by atoms with E-state index in [9.17, 15) is 9.59 Å². The molecule has 118 valence electrons. The summed E-state index contributed by atoms with van der Waals surface area (Å²) >= 11 is 7.10. The van der Waals surface area contributed by atoms with Crippen LogP contribution in [0.4, 0.5) is 0 Å². The SMILES string of the molecule is COCCn1c(S[C@@H](C)C(N)=O)nc2cc(Cl)ccc2c1=O. The van der Waals surface area contributed by atoms with Gasteiger partial charge in [0, 0.05) is 12.1 Å². The van der Waals surface area contributed by atoms with Gasteiger partial charge in [-0.05, 0) is 25.1 Å². The molecule has 0 fully saturated rings. The molecule has 8 heteroatoms. The lowest BCUT2D eigenvalue weighted by Crippen LogP contribution is -2.28. The first-order chi connectivity index (χ1) is 10.4. The maximum atomic E-state index is 12.6. The number of nitrogens with two attached hydrogens (primary N) is 1. The van der Waals surface area contributed by atoms with Crippen LogP contribution in [0.2, 0.25) is 5.02 Å². The van der Waals surface area contributed by atoms with E-state index in [1.165, 1.54) is 4.57 Å². The first-order valence-electron chi connectivity index (χ1n) is 6.59. The quantitative estimate of drug-likeness (QED) is 0.637. The maximum absolute atomic E-state index is 12.6. The number of hydrogen-bond acceptors (Lipinski definition) is 5. The number of aromatic nitrogens is 2. The summed E-state index contributed by atoms with van der Waals surface area (Å²) in [6, 6.07) is 4.91. The molecule has 2 N–H and O–H groups in total. The lowest BCUT2D eigenvalue weighted by atomic mass is 10.2. The highest BCUT2D eigenvalue weighted by atomic mass is 35.5. The van der Waals surface area contributed by atoms with Crippen molar-refractivity contribution in [2.45, 2.75) is 23.9 Å². The van der Waals surface area contributed by atoms with Gasteiger partial charge in [-0.1, -0.05) is 23.4 Å². The van der Waals surface area contributed by atoms with Crippen LogP contribution in [-0.4, -0.2) is 34.4 Å². The van der Waals surface area contributed by atoms with Crippen molar-refractivity contribution in [3.63, 3.8) is 0 Å². The molecule has 0 spiro atoms. The van der Waals surface area contributed by atoms with Gasteiger partial charge in [-0.15, -0.1) is 0 Å². The number of methoxy groups -OCH3 is 1. The number of carbonyl (C=O) groups excluding carboxylic acids is 1. The fourth-order valence-corrected chi connectivity index (χ4v) is 2.91. The fourth-order valence-electron chi connectivity index (χ4n) is 1.86. The number of ether oxygens (including phenoxy) is 1. The molecule has 1 heterocycles. The summed E-state index contributed by atoms with van der Waals surface area (Å²) in [5.41, 5.74) is 5.58. The molecule has 0 aliphatic carbocycles. The number of carbonyl (C=O) groups is 1. The smallest absolute Gasteiger partial charge is 0.262 e. The Morgan fingerprint density at radius 3 is 2.91 bits per heavy atom. The molecule has 0 saturated heterocycles. The summed E-state index contributed by atoms with van der Waals surface area (Å²) in [5, 5.41) is 0.880. The van der Waals surface area contributed by atoms with Crippen molar-refractivity contribution < 1.29 is 9.53 Å². The second kappa shape index (κ2) is 7.13. The molecule has 1 aromatic heterocycles. The van der Waals surface area contributed by atoms with Gasteiger partial charge in [0.15, 0.2) is 5.16 Å². The predicted molar refractivity (Wildman–Crippen MR) is 87.4 cm³/mol. The summed E-state index contributed by atoms with van der Waals surface area (Å²) in [5.74, 6) is -0.469. The third-order valence-corrected chi connectivity index (χ3v) is 4.43. The molecule has 2 aromatic rings. The van der Waals surface area contributed by atoms with Gasteiger partial charge in [0.25, 0.3) is 5.56 Å². The third kappa shape index (κ3) is 3.60. The second-order valence-electron chi connectivity index (χ2n) is 4.67. The number of fused-ring (bicyclic) bond motifs is 1. The Kier molecular flexibility index (Phi) is 5.44. The van der Waals surface area contributed by atoms with Crippen molar-refractivity contribution in [3.8, 4) is 0 Å². The summed E-state index contributed by atoms with van der Waals surface area (Å²) < 4.78 is 6.52. The molecule has 22 heavy (non-hydrogen) atoms. The predicted octanol–water partition coefficient (Wildman–Crippen LogP) is 1.66. The number of primary amides is 1. The van der Waals surface area contributed by atoms with Crippen LogP contribution in [-0.2, 0) is 16.1 Å². The average Bonchev–Trinajstić information content (AvgIpc) is 2.46. The number of amides is 1. The number of benzene rings is 1. The molecule has 1 amide bonds. The van der Waals surface area contributed by atoms with Gasteiger partial charge >= 0.3 is 0 Å². The fraction of sp³-hybridized carbons (Fsp3) is 0.357. The maximum Gasteiger partial charge on any atom is 0.262 e. The highest BCUT2D eigenvalue weighted by Crippen LogP contribution is 2.23. The average molecular weight is 342 g/mol. The lowest BCUT2D eigenvalue weighted by molar-refractivity contribution is -0.117. The van der Waals surface area contributed by atoms with Crippen LogP contribution in [0.3, 0.4) is 0 Å². The van der Waals surface area contributed by atoms with E-state index in [0.717, 1.165) is 11.8 Å². The van der Waals surface area contributed by atoms with Crippen molar-refractivity contribution in [3.05, 3.63) is 33.6 Å². The van der Waals surface area contributed by atoms with Crippen LogP contribution in [0.15, 0.2) is 28.2 Å². The van der Waals surface area contributed by atoms with Crippen molar-refractivity contribution >= 4 is 40.2 Å². The van der Waals surface area contributed by atoms with Gasteiger partial charge in [0.2, 0.25) is 5.91 Å². The Morgan fingerprint density at radius 2 is 2.27 bits per heavy atom. The Hall–Kier alpha value is -1.57. The highest BCUT2D eigenvalue weighted by molar-refractivity contribution is 8.00. The number of thioether (sulfide) groups is 1. The molecular formula is C14H16ClN3O3S. The molecule has 2 rings (SSSR count). The Labute approximate surface area is 136 Å². The van der Waals surface area contributed by atoms with Gasteiger partial charge < -0.3 is 10.5 Å². The zero-order valence-corrected chi connectivity index (χ0v) is 13.8. The number of hydrogen-bond donors (Lipinski definition) is 1. The van der Waals surface area contributed by atoms with Crippen LogP contribution in [0.25, 0.3) is 10.9 Å². The van der Waals surface area contributed by atoms with E-state index in [2.05, 4.69) is 4.98 Å². The summed E-state index contributed by atoms with van der Waals surface area (Å²) in [4.78, 5) is 28.3. The van der Waals surface area contributed by atoms with Gasteiger partial charge in [-0.3, -0.25) is 14.2 Å². The minimum Gasteiger partial charge on any atom is -0.383 e. The van der Waals surface area contributed by atoms with Crippen molar-refractivity contribution in [1.29, 1.82) is 0 Å². The summed E-state index contributed by atoms with van der Waals surface area (Å²) in [6.45, 7) is 2.37. The van der Waals surface area contributed by atoms with E-state index >= 15 is 0 Å². The van der Waals surface area contributed by atoms with Gasteiger partial charge in [0.05, 0.1) is 29.3 Å². The first kappa shape index (κ1) is 16.8. The van der Waals surface area contributed by atoms with E-state index in [1.54, 1.807) is 32.2 Å². The van der Waals surface area contributed by atoms with Crippen LogP contribution in [0.5, 0.6) is 0 Å². The molecule has 0 bridgehead atoms. The molecule has 0 unspecified atom stereocenters. The van der Waals surface area contributed by atoms with E-state index in [4.69, 9.17) is 22.1 Å². The van der Waals surface area contributed by atoms with Crippen LogP contribution in [0.1, 0.15) is 6.92 Å². The van der Waals surface area contributed by atoms with Crippen LogP contribution in [0, 0.1) is 0 Å². The van der Waals surface area contributed by atoms with E-state index in [0.29, 0.717) is 34.2 Å². The number of nitrogens with zero attached hydrogens (tertiary/aromatic N) is 2. The molecule has 6 nitrogen and oxygen atoms in total. The summed E-state index contributed by atoms with van der Waals surface area (Å²) in [7, 11) is 1.55. The second-order valence-corrected chi connectivity index (χ2v) is 6.41. The van der Waals surface area contributed by atoms with Gasteiger partial charge in [-0.2, -0.15) is 0 Å². The summed E-state index contributed by atoms with van der Waals surface area (Å²) in [6.07, 6.45) is 0. The van der Waals surface area contributed by atoms with Crippen molar-refractivity contribution in [2.75, 3.05) is 13.7 Å². The molecule has 0 aliphatic rings. The van der Waals surface area contributed by atoms with Crippen molar-refractivity contribution in [1.82, 2.24) is 9.55 Å². The minimum absolute atomic E-state index is 0.196. The van der Waals surface area contributed by atoms with Gasteiger partial charge in [-0.25, -0.2) is 4.98 Å². The highest BCUT2D eigenvalue weighted by Gasteiger charge is 2.17. The molecular weight excluding hydrogens is 326 g/mol. The Bertz CT molecular complexity index is 763. The first-order valence-corrected chi connectivity index (χ1v) is 7.84. The van der Waals surface area contributed by atoms with Crippen LogP contribution < -0.4 is 11.3 Å². The normalized spacial score (nSPS) is 12.5. The molecule has 0 radical (unpaired) electrons. The van der Waals surface area contributed by atoms with Crippen LogP contribution >= 0.6 is 23.4 Å². The zero-order chi connectivity index (χ0) is 16.3.